The van der Waals surface area contributed by atoms with Crippen LogP contribution in [-0.2, 0) is 4.74 Å². The van der Waals surface area contributed by atoms with Gasteiger partial charge in [0, 0.05) is 18.9 Å². The number of rotatable bonds is 2. The van der Waals surface area contributed by atoms with Gasteiger partial charge in [0.15, 0.2) is 11.2 Å². The fourth-order valence-electron chi connectivity index (χ4n) is 3.32. The minimum atomic E-state index is -0.950. The summed E-state index contributed by atoms with van der Waals surface area (Å²) in [5.74, 6) is 0.276. The maximum absolute atomic E-state index is 12.6. The Labute approximate surface area is 136 Å². The van der Waals surface area contributed by atoms with Crippen molar-refractivity contribution in [2.45, 2.75) is 50.5 Å². The number of ether oxygens (including phenoxy) is 1. The van der Waals surface area contributed by atoms with Crippen molar-refractivity contribution in [1.29, 1.82) is 0 Å². The molecular weight excluding hydrogens is 318 g/mol. The minimum absolute atomic E-state index is 0.0240. The number of hydrogen-bond acceptors (Lipinski definition) is 8. The molecule has 2 aromatic rings. The highest BCUT2D eigenvalue weighted by atomic mass is 16.5. The second-order valence-corrected chi connectivity index (χ2v) is 6.31. The third kappa shape index (κ3) is 2.22. The molecule has 2 aliphatic rings. The molecule has 4 rings (SSSR count). The number of aromatic nitrogens is 4. The summed E-state index contributed by atoms with van der Waals surface area (Å²) < 4.78 is 8.37. The van der Waals surface area contributed by atoms with Crippen molar-refractivity contribution in [2.75, 3.05) is 11.9 Å². The molecule has 4 N–H and O–H groups in total. The van der Waals surface area contributed by atoms with E-state index in [0.29, 0.717) is 12.1 Å². The monoisotopic (exact) mass is 337 g/mol. The molecule has 0 radical (unpaired) electrons. The van der Waals surface area contributed by atoms with Gasteiger partial charge in [-0.15, -0.1) is 0 Å². The Morgan fingerprint density at radius 3 is 2.92 bits per heavy atom. The molecule has 0 amide bonds. The molecule has 0 saturated carbocycles. The molecule has 1 fully saturated rings. The number of nitrogens with zero attached hydrogens (tertiary/aromatic N) is 4. The van der Waals surface area contributed by atoms with E-state index in [-0.39, 0.29) is 30.5 Å². The van der Waals surface area contributed by atoms with Crippen molar-refractivity contribution in [3.05, 3.63) is 16.7 Å². The van der Waals surface area contributed by atoms with Crippen LogP contribution in [0.3, 0.4) is 0 Å². The first-order chi connectivity index (χ1) is 11.5. The lowest BCUT2D eigenvalue weighted by Crippen LogP contribution is -2.38. The zero-order chi connectivity index (χ0) is 17.0. The fraction of sp³-hybridized carbons (Fsp3) is 0.643. The smallest absolute Gasteiger partial charge is 0.285 e. The van der Waals surface area contributed by atoms with Gasteiger partial charge in [0.05, 0.1) is 19.0 Å². The lowest BCUT2D eigenvalue weighted by Gasteiger charge is -2.28. The van der Waals surface area contributed by atoms with Crippen LogP contribution in [0.25, 0.3) is 11.2 Å². The first kappa shape index (κ1) is 15.5. The van der Waals surface area contributed by atoms with Gasteiger partial charge in [-0.1, -0.05) is 0 Å². The number of imidazole rings is 1. The molecular formula is C14H19N5O5. The largest absolute Gasteiger partial charge is 0.394 e. The first-order valence-corrected chi connectivity index (χ1v) is 7.87. The van der Waals surface area contributed by atoms with Gasteiger partial charge in [-0.3, -0.25) is 9.36 Å². The molecule has 2 aromatic heterocycles. The second kappa shape index (κ2) is 5.52. The molecule has 0 aliphatic carbocycles. The van der Waals surface area contributed by atoms with Crippen molar-refractivity contribution in [2.24, 2.45) is 0 Å². The lowest BCUT2D eigenvalue weighted by molar-refractivity contribution is -0.0432. The van der Waals surface area contributed by atoms with E-state index in [1.807, 2.05) is 6.92 Å². The molecule has 4 heterocycles. The molecule has 24 heavy (non-hydrogen) atoms. The summed E-state index contributed by atoms with van der Waals surface area (Å²) in [6.45, 7) is 1.60. The van der Waals surface area contributed by atoms with Crippen molar-refractivity contribution >= 4 is 17.1 Å². The van der Waals surface area contributed by atoms with Crippen LogP contribution in [0.2, 0.25) is 0 Å². The predicted molar refractivity (Wildman–Crippen MR) is 82.4 cm³/mol. The van der Waals surface area contributed by atoms with Crippen LogP contribution in [0.4, 0.5) is 5.95 Å². The van der Waals surface area contributed by atoms with Gasteiger partial charge < -0.3 is 25.4 Å². The molecule has 1 saturated heterocycles. The van der Waals surface area contributed by atoms with Crippen molar-refractivity contribution in [1.82, 2.24) is 19.1 Å². The summed E-state index contributed by atoms with van der Waals surface area (Å²) >= 11 is 0. The van der Waals surface area contributed by atoms with Gasteiger partial charge in [0.25, 0.3) is 5.56 Å². The Hall–Kier alpha value is -2.01. The van der Waals surface area contributed by atoms with Crippen molar-refractivity contribution < 1.29 is 20.1 Å². The molecule has 0 aromatic carbocycles. The van der Waals surface area contributed by atoms with Gasteiger partial charge in [-0.2, -0.15) is 4.98 Å². The summed E-state index contributed by atoms with van der Waals surface area (Å²) in [6.07, 6.45) is -0.891. The van der Waals surface area contributed by atoms with Crippen LogP contribution < -0.4 is 10.9 Å². The molecule has 10 nitrogen and oxygen atoms in total. The molecule has 10 heteroatoms. The molecule has 0 spiro atoms. The maximum atomic E-state index is 12.6. The number of anilines is 1. The zero-order valence-electron chi connectivity index (χ0n) is 13.0. The number of aliphatic hydroxyl groups is 3. The van der Waals surface area contributed by atoms with E-state index < -0.39 is 30.2 Å². The van der Waals surface area contributed by atoms with E-state index in [1.54, 1.807) is 4.57 Å². The summed E-state index contributed by atoms with van der Waals surface area (Å²) in [7, 11) is 0. The van der Waals surface area contributed by atoms with E-state index in [9.17, 15) is 20.1 Å². The number of hydrogen-bond donors (Lipinski definition) is 4. The quantitative estimate of drug-likeness (QED) is 0.544. The van der Waals surface area contributed by atoms with Crippen LogP contribution in [0.1, 0.15) is 32.2 Å². The average molecular weight is 337 g/mol. The van der Waals surface area contributed by atoms with Crippen molar-refractivity contribution in [3.8, 4) is 0 Å². The molecule has 130 valence electrons. The van der Waals surface area contributed by atoms with Gasteiger partial charge in [0.1, 0.15) is 18.6 Å². The van der Waals surface area contributed by atoms with Crippen molar-refractivity contribution in [3.63, 3.8) is 0 Å². The van der Waals surface area contributed by atoms with E-state index in [2.05, 4.69) is 15.3 Å². The van der Waals surface area contributed by atoms with Gasteiger partial charge in [-0.25, -0.2) is 9.55 Å². The van der Waals surface area contributed by atoms with E-state index >= 15 is 0 Å². The summed E-state index contributed by atoms with van der Waals surface area (Å²) in [5.41, 5.74) is 0.00781. The summed E-state index contributed by atoms with van der Waals surface area (Å²) in [4.78, 5) is 21.2. The lowest BCUT2D eigenvalue weighted by atomic mass is 10.2. The van der Waals surface area contributed by atoms with Crippen LogP contribution in [-0.4, -0.2) is 59.3 Å². The Balaban J connectivity index is 1.82. The normalized spacial score (nSPS) is 32.8. The van der Waals surface area contributed by atoms with Crippen LogP contribution in [0.5, 0.6) is 0 Å². The minimum Gasteiger partial charge on any atom is -0.394 e. The van der Waals surface area contributed by atoms with Gasteiger partial charge in [-0.05, 0) is 6.92 Å². The highest BCUT2D eigenvalue weighted by Crippen LogP contribution is 2.31. The number of nitrogens with one attached hydrogen (secondary N) is 1. The maximum Gasteiger partial charge on any atom is 0.285 e. The Kier molecular flexibility index (Phi) is 3.57. The van der Waals surface area contributed by atoms with E-state index in [4.69, 9.17) is 4.74 Å². The molecule has 0 bridgehead atoms. The third-order valence-electron chi connectivity index (χ3n) is 4.56. The highest BCUT2D eigenvalue weighted by molar-refractivity contribution is 5.71. The van der Waals surface area contributed by atoms with Crippen LogP contribution >= 0.6 is 0 Å². The van der Waals surface area contributed by atoms with Gasteiger partial charge in [0.2, 0.25) is 5.95 Å². The van der Waals surface area contributed by atoms with Gasteiger partial charge >= 0.3 is 0 Å². The number of aliphatic hydroxyl groups excluding tert-OH is 3. The Morgan fingerprint density at radius 1 is 1.42 bits per heavy atom. The third-order valence-corrected chi connectivity index (χ3v) is 4.56. The SMILES string of the molecule is C[C@H]1C[C@H](O)n2c(nc3c(ncn3[C@@H]3C[C@@H](O)[C@H](CO)O3)c2=O)N1. The van der Waals surface area contributed by atoms with Crippen LogP contribution in [0.15, 0.2) is 11.1 Å². The highest BCUT2D eigenvalue weighted by Gasteiger charge is 2.36. The van der Waals surface area contributed by atoms with E-state index in [1.165, 1.54) is 10.9 Å². The Bertz CT molecular complexity index is 833. The first-order valence-electron chi connectivity index (χ1n) is 7.87. The number of fused-ring (bicyclic) bond motifs is 2. The summed E-state index contributed by atoms with van der Waals surface area (Å²) in [6, 6.07) is -0.0240. The van der Waals surface area contributed by atoms with E-state index in [0.717, 1.165) is 0 Å². The topological polar surface area (TPSA) is 135 Å². The predicted octanol–water partition coefficient (Wildman–Crippen LogP) is -1.07. The zero-order valence-corrected chi connectivity index (χ0v) is 13.0. The second-order valence-electron chi connectivity index (χ2n) is 6.31. The molecule has 2 aliphatic heterocycles. The van der Waals surface area contributed by atoms with Crippen LogP contribution in [0, 0.1) is 0 Å². The standard InChI is InChI=1S/C14H19N5O5/c1-6-2-9(22)19-13(23)11-12(17-14(19)16-6)18(5-15-11)10-3-7(21)8(4-20)24-10/h5-10,20-22H,2-4H2,1H3,(H,16,17)/t6-,7+,8-,9-,10-/m0/s1. The molecule has 0 unspecified atom stereocenters. The fourth-order valence-corrected chi connectivity index (χ4v) is 3.32. The summed E-state index contributed by atoms with van der Waals surface area (Å²) in [5, 5.41) is 32.3. The molecule has 5 atom stereocenters. The Morgan fingerprint density at radius 2 is 2.21 bits per heavy atom. The average Bonchev–Trinajstić information content (AvgIpc) is 3.09.